The van der Waals surface area contributed by atoms with Crippen LogP contribution in [0.4, 0.5) is 5.69 Å². The Bertz CT molecular complexity index is 884. The lowest BCUT2D eigenvalue weighted by atomic mass is 9.94. The van der Waals surface area contributed by atoms with E-state index in [4.69, 9.17) is 4.43 Å². The highest BCUT2D eigenvalue weighted by atomic mass is 79.9. The van der Waals surface area contributed by atoms with Gasteiger partial charge < -0.3 is 14.2 Å². The van der Waals surface area contributed by atoms with Gasteiger partial charge in [0.1, 0.15) is 0 Å². The molecule has 1 fully saturated rings. The zero-order chi connectivity index (χ0) is 21.8. The zero-order valence-electron chi connectivity index (χ0n) is 19.2. The van der Waals surface area contributed by atoms with Crippen molar-refractivity contribution in [1.82, 2.24) is 4.90 Å². The summed E-state index contributed by atoms with van der Waals surface area (Å²) in [4.78, 5) is 18.2. The number of allylic oxidation sites excluding steroid dienone is 1. The number of hydrogen-bond acceptors (Lipinski definition) is 3. The average molecular weight is 492 g/mol. The third kappa shape index (κ3) is 3.64. The van der Waals surface area contributed by atoms with Gasteiger partial charge in [-0.3, -0.25) is 4.79 Å². The van der Waals surface area contributed by atoms with Crippen LogP contribution in [-0.4, -0.2) is 45.3 Å². The van der Waals surface area contributed by atoms with Crippen molar-refractivity contribution >= 4 is 35.8 Å². The minimum atomic E-state index is -2.04. The van der Waals surface area contributed by atoms with Crippen LogP contribution in [0.5, 0.6) is 0 Å². The molecule has 0 radical (unpaired) electrons. The number of likely N-dealkylation sites (N-methyl/N-ethyl adjacent to an activating group) is 1. The fourth-order valence-corrected chi connectivity index (χ4v) is 6.39. The molecule has 0 unspecified atom stereocenters. The van der Waals surface area contributed by atoms with Crippen molar-refractivity contribution in [3.8, 4) is 0 Å². The van der Waals surface area contributed by atoms with Crippen molar-refractivity contribution in [3.63, 3.8) is 0 Å². The Morgan fingerprint density at radius 1 is 1.17 bits per heavy atom. The zero-order valence-corrected chi connectivity index (χ0v) is 21.8. The number of halogens is 1. The Balaban J connectivity index is 1.75. The van der Waals surface area contributed by atoms with Gasteiger partial charge in [0.25, 0.3) is 5.91 Å². The largest absolute Gasteiger partial charge is 0.546 e. The molecule has 1 aromatic carbocycles. The summed E-state index contributed by atoms with van der Waals surface area (Å²) in [5.74, 6) is 1.45. The molecule has 164 valence electrons. The van der Waals surface area contributed by atoms with Crippen LogP contribution in [0.25, 0.3) is 0 Å². The number of nitrogens with zero attached hydrogens (tertiary/aromatic N) is 2. The summed E-state index contributed by atoms with van der Waals surface area (Å²) in [6.07, 6.45) is 4.25. The average Bonchev–Trinajstić information content (AvgIpc) is 3.16. The van der Waals surface area contributed by atoms with Gasteiger partial charge in [-0.05, 0) is 61.2 Å². The summed E-state index contributed by atoms with van der Waals surface area (Å²) in [7, 11) is 0.0992. The van der Waals surface area contributed by atoms with E-state index in [1.54, 1.807) is 0 Å². The third-order valence-electron chi connectivity index (χ3n) is 7.63. The number of carbonyl (C=O) groups excluding carboxylic acids is 1. The predicted octanol–water partition coefficient (Wildman–Crippen LogP) is 6.04. The molecule has 0 N–H and O–H groups in total. The molecule has 2 heterocycles. The second kappa shape index (κ2) is 7.70. The number of anilines is 1. The first-order valence-corrected chi connectivity index (χ1v) is 14.9. The predicted molar refractivity (Wildman–Crippen MR) is 129 cm³/mol. The molecule has 1 saturated heterocycles. The molecule has 30 heavy (non-hydrogen) atoms. The molecule has 4 rings (SSSR count). The molecule has 2 atom stereocenters. The second-order valence-electron chi connectivity index (χ2n) is 10.6. The van der Waals surface area contributed by atoms with Crippen LogP contribution >= 0.6 is 15.9 Å². The fraction of sp³-hybridized carbons (Fsp3) is 0.625. The lowest BCUT2D eigenvalue weighted by Crippen LogP contribution is -2.43. The minimum absolute atomic E-state index is 0.0727. The van der Waals surface area contributed by atoms with E-state index in [0.717, 1.165) is 48.2 Å². The summed E-state index contributed by atoms with van der Waals surface area (Å²) >= 11 is 3.65. The van der Waals surface area contributed by atoms with E-state index in [2.05, 4.69) is 84.8 Å². The van der Waals surface area contributed by atoms with E-state index < -0.39 is 8.32 Å². The van der Waals surface area contributed by atoms with Crippen LogP contribution < -0.4 is 4.90 Å². The minimum Gasteiger partial charge on any atom is -0.546 e. The standard InChI is InChI=1S/C24H35BrN2O2Si/c1-24(2,3)30(5,6)29-20-15-18-17-14-16(25)10-11-19(17)26(4)22(18)21(20)23(28)27-12-8-7-9-13-27/h10-11,14,18,22H,7-9,12-13,15H2,1-6H3/t18-,22+/m1/s1. The lowest BCUT2D eigenvalue weighted by molar-refractivity contribution is -0.128. The van der Waals surface area contributed by atoms with Crippen LogP contribution in [0, 0.1) is 0 Å². The molecule has 0 spiro atoms. The van der Waals surface area contributed by atoms with Crippen LogP contribution in [0.3, 0.4) is 0 Å². The first-order chi connectivity index (χ1) is 14.0. The van der Waals surface area contributed by atoms with Crippen molar-refractivity contribution in [2.45, 2.75) is 76.5 Å². The number of carbonyl (C=O) groups is 1. The van der Waals surface area contributed by atoms with Gasteiger partial charge >= 0.3 is 0 Å². The van der Waals surface area contributed by atoms with Gasteiger partial charge in [0.15, 0.2) is 0 Å². The SMILES string of the molecule is CN1c2ccc(Br)cc2[C@H]2CC(O[Si](C)(C)C(C)(C)C)=C(C(=O)N3CCCCC3)[C@H]21. The van der Waals surface area contributed by atoms with E-state index in [1.165, 1.54) is 17.7 Å². The Labute approximate surface area is 190 Å². The molecular formula is C24H35BrN2O2Si. The highest BCUT2D eigenvalue weighted by Gasteiger charge is 2.51. The monoisotopic (exact) mass is 490 g/mol. The van der Waals surface area contributed by atoms with E-state index in [-0.39, 0.29) is 22.9 Å². The topological polar surface area (TPSA) is 32.8 Å². The van der Waals surface area contributed by atoms with Gasteiger partial charge in [-0.1, -0.05) is 36.7 Å². The van der Waals surface area contributed by atoms with Gasteiger partial charge in [0.05, 0.1) is 17.4 Å². The molecule has 1 aliphatic carbocycles. The maximum Gasteiger partial charge on any atom is 0.255 e. The Morgan fingerprint density at radius 3 is 2.47 bits per heavy atom. The normalized spacial score (nSPS) is 24.2. The summed E-state index contributed by atoms with van der Waals surface area (Å²) < 4.78 is 7.95. The van der Waals surface area contributed by atoms with Gasteiger partial charge in [-0.25, -0.2) is 0 Å². The molecule has 2 aliphatic heterocycles. The van der Waals surface area contributed by atoms with Crippen LogP contribution in [0.1, 0.15) is 57.9 Å². The first kappa shape index (κ1) is 21.9. The molecule has 0 bridgehead atoms. The summed E-state index contributed by atoms with van der Waals surface area (Å²) in [5.41, 5.74) is 3.49. The lowest BCUT2D eigenvalue weighted by Gasteiger charge is -2.38. The number of hydrogen-bond donors (Lipinski definition) is 0. The second-order valence-corrected chi connectivity index (χ2v) is 16.3. The van der Waals surface area contributed by atoms with Crippen molar-refractivity contribution < 1.29 is 9.22 Å². The number of fused-ring (bicyclic) bond motifs is 3. The van der Waals surface area contributed by atoms with Crippen molar-refractivity contribution in [2.24, 2.45) is 0 Å². The number of piperidine rings is 1. The van der Waals surface area contributed by atoms with Crippen LogP contribution in [-0.2, 0) is 9.22 Å². The third-order valence-corrected chi connectivity index (χ3v) is 12.5. The number of amides is 1. The Hall–Kier alpha value is -1.27. The Kier molecular flexibility index (Phi) is 5.63. The molecule has 1 aromatic rings. The first-order valence-electron chi connectivity index (χ1n) is 11.2. The number of benzene rings is 1. The fourth-order valence-electron chi connectivity index (χ4n) is 4.90. The van der Waals surface area contributed by atoms with E-state index in [0.29, 0.717) is 0 Å². The molecular weight excluding hydrogens is 456 g/mol. The maximum absolute atomic E-state index is 13.8. The van der Waals surface area contributed by atoms with Crippen LogP contribution in [0.15, 0.2) is 34.0 Å². The van der Waals surface area contributed by atoms with E-state index in [1.807, 2.05) is 0 Å². The summed E-state index contributed by atoms with van der Waals surface area (Å²) in [6.45, 7) is 13.1. The molecule has 0 saturated carbocycles. The van der Waals surface area contributed by atoms with Gasteiger partial charge in [-0.15, -0.1) is 0 Å². The Morgan fingerprint density at radius 2 is 1.83 bits per heavy atom. The van der Waals surface area contributed by atoms with Gasteiger partial charge in [0, 0.05) is 42.6 Å². The molecule has 6 heteroatoms. The smallest absolute Gasteiger partial charge is 0.255 e. The van der Waals surface area contributed by atoms with E-state index in [9.17, 15) is 4.79 Å². The number of likely N-dealkylation sites (tertiary alicyclic amines) is 1. The number of rotatable bonds is 3. The summed E-state index contributed by atoms with van der Waals surface area (Å²) in [5, 5.41) is 0.101. The highest BCUT2D eigenvalue weighted by molar-refractivity contribution is 9.10. The molecule has 4 nitrogen and oxygen atoms in total. The van der Waals surface area contributed by atoms with Crippen LogP contribution in [0.2, 0.25) is 18.1 Å². The quantitative estimate of drug-likeness (QED) is 0.483. The van der Waals surface area contributed by atoms with Gasteiger partial charge in [0.2, 0.25) is 8.32 Å². The molecule has 1 amide bonds. The maximum atomic E-state index is 13.8. The molecule has 0 aromatic heterocycles. The van der Waals surface area contributed by atoms with Crippen molar-refractivity contribution in [2.75, 3.05) is 25.0 Å². The summed E-state index contributed by atoms with van der Waals surface area (Å²) in [6, 6.07) is 6.58. The highest BCUT2D eigenvalue weighted by Crippen LogP contribution is 2.53. The van der Waals surface area contributed by atoms with Gasteiger partial charge in [-0.2, -0.15) is 0 Å². The van der Waals surface area contributed by atoms with E-state index >= 15 is 0 Å². The molecule has 3 aliphatic rings. The van der Waals surface area contributed by atoms with Crippen molar-refractivity contribution in [3.05, 3.63) is 39.6 Å². The van der Waals surface area contributed by atoms with Crippen molar-refractivity contribution in [1.29, 1.82) is 0 Å².